The van der Waals surface area contributed by atoms with Crippen molar-refractivity contribution < 1.29 is 28.7 Å². The summed E-state index contributed by atoms with van der Waals surface area (Å²) in [6.45, 7) is 6.81. The van der Waals surface area contributed by atoms with Gasteiger partial charge in [-0.25, -0.2) is 9.59 Å². The van der Waals surface area contributed by atoms with Gasteiger partial charge in [-0.2, -0.15) is 0 Å². The number of carbonyl (C=O) groups excluding carboxylic acids is 1. The van der Waals surface area contributed by atoms with Crippen LogP contribution in [0.1, 0.15) is 44.1 Å². The normalized spacial score (nSPS) is 13.1. The molecule has 0 saturated carbocycles. The molecule has 1 rings (SSSR count). The van der Waals surface area contributed by atoms with E-state index in [-0.39, 0.29) is 25.6 Å². The van der Waals surface area contributed by atoms with Gasteiger partial charge in [-0.15, -0.1) is 13.2 Å². The predicted molar refractivity (Wildman–Crippen MR) is 93.5 cm³/mol. The van der Waals surface area contributed by atoms with Crippen molar-refractivity contribution in [3.8, 4) is 0 Å². The zero-order valence-electron chi connectivity index (χ0n) is 11.4. The average Bonchev–Trinajstić information content (AvgIpc) is 2.53. The quantitative estimate of drug-likeness (QED) is 0.499. The average molecular weight is 515 g/mol. The van der Waals surface area contributed by atoms with Gasteiger partial charge in [0.1, 0.15) is 0 Å². The van der Waals surface area contributed by atoms with Crippen molar-refractivity contribution in [1.82, 2.24) is 0 Å². The Hall–Kier alpha value is -1.00. The van der Waals surface area contributed by atoms with Crippen LogP contribution in [-0.2, 0) is 3.83 Å². The number of carboxylic acids is 1. The van der Waals surface area contributed by atoms with Crippen LogP contribution in [0.15, 0.2) is 34.3 Å². The van der Waals surface area contributed by atoms with Crippen LogP contribution in [0.2, 0.25) is 0 Å². The Labute approximate surface area is 157 Å². The number of aliphatic hydroxyl groups is 2. The lowest BCUT2D eigenvalue weighted by molar-refractivity contribution is 0.0685. The first kappa shape index (κ1) is 20.0. The molecule has 1 aromatic carbocycles. The Morgan fingerprint density at radius 2 is 1.48 bits per heavy atom. The molecular weight excluding hydrogens is 504 g/mol. The number of carboxylic acid groups (broad SMARTS) is 1. The number of aromatic carboxylic acids is 1. The molecule has 0 aliphatic heterocycles. The van der Waals surface area contributed by atoms with E-state index in [0.29, 0.717) is 0 Å². The SMILES string of the molecule is C=CC(O)c1c(Br)c(Br)c(C(=O)OBr)c(C(O)C=C)c1C(=O)O. The fourth-order valence-corrected chi connectivity index (χ4v) is 3.39. The zero-order valence-corrected chi connectivity index (χ0v) is 16.2. The third-order valence-corrected chi connectivity index (χ3v) is 5.43. The van der Waals surface area contributed by atoms with Crippen molar-refractivity contribution in [1.29, 1.82) is 0 Å². The molecule has 0 amide bonds. The van der Waals surface area contributed by atoms with Crippen molar-refractivity contribution in [3.63, 3.8) is 0 Å². The molecule has 124 valence electrons. The van der Waals surface area contributed by atoms with E-state index in [1.165, 1.54) is 0 Å². The molecule has 0 aliphatic rings. The van der Waals surface area contributed by atoms with Crippen LogP contribution in [0.4, 0.5) is 0 Å². The summed E-state index contributed by atoms with van der Waals surface area (Å²) in [5.41, 5.74) is -1.00. The van der Waals surface area contributed by atoms with Crippen molar-refractivity contribution in [2.24, 2.45) is 0 Å². The van der Waals surface area contributed by atoms with E-state index < -0.39 is 29.7 Å². The Balaban J connectivity index is 4.10. The monoisotopic (exact) mass is 512 g/mol. The van der Waals surface area contributed by atoms with Crippen molar-refractivity contribution in [3.05, 3.63) is 56.5 Å². The highest BCUT2D eigenvalue weighted by molar-refractivity contribution is 9.13. The molecule has 0 heterocycles. The fourth-order valence-electron chi connectivity index (χ4n) is 2.00. The molecule has 23 heavy (non-hydrogen) atoms. The minimum absolute atomic E-state index is 0.0682. The van der Waals surface area contributed by atoms with Crippen molar-refractivity contribution >= 4 is 60.1 Å². The molecule has 0 aromatic heterocycles. The third-order valence-electron chi connectivity index (χ3n) is 2.98. The molecule has 0 radical (unpaired) electrons. The molecule has 0 aliphatic carbocycles. The largest absolute Gasteiger partial charge is 0.478 e. The summed E-state index contributed by atoms with van der Waals surface area (Å²) in [6.07, 6.45) is -0.664. The second-order valence-electron chi connectivity index (χ2n) is 4.24. The molecule has 0 bridgehead atoms. The lowest BCUT2D eigenvalue weighted by Crippen LogP contribution is -2.19. The van der Waals surface area contributed by atoms with Crippen molar-refractivity contribution in [2.45, 2.75) is 12.2 Å². The van der Waals surface area contributed by atoms with Crippen LogP contribution in [0.25, 0.3) is 0 Å². The number of hydrogen-bond acceptors (Lipinski definition) is 5. The number of hydrogen-bond donors (Lipinski definition) is 3. The van der Waals surface area contributed by atoms with Gasteiger partial charge >= 0.3 is 11.9 Å². The first-order chi connectivity index (χ1) is 10.7. The van der Waals surface area contributed by atoms with Gasteiger partial charge in [0.25, 0.3) is 0 Å². The predicted octanol–water partition coefficient (Wildman–Crippen LogP) is 3.82. The van der Waals surface area contributed by atoms with E-state index in [4.69, 9.17) is 0 Å². The minimum atomic E-state index is -1.48. The molecular formula is C14H11Br3O6. The summed E-state index contributed by atoms with van der Waals surface area (Å²) in [5, 5.41) is 29.7. The second-order valence-corrected chi connectivity index (χ2v) is 6.15. The standard InChI is InChI=1S/C14H11Br3O6/c1-3-5(18)7-9(13(20)21)8(6(19)4-2)11(15)12(16)10(7)14(22)23-17/h3-6,18-19H,1-2H2,(H,20,21). The Morgan fingerprint density at radius 3 is 1.87 bits per heavy atom. The number of aliphatic hydroxyl groups excluding tert-OH is 2. The van der Waals surface area contributed by atoms with Gasteiger partial charge in [-0.1, -0.05) is 12.2 Å². The number of rotatable bonds is 6. The Kier molecular flexibility index (Phi) is 7.15. The lowest BCUT2D eigenvalue weighted by Gasteiger charge is -2.22. The van der Waals surface area contributed by atoms with Gasteiger partial charge < -0.3 is 19.1 Å². The summed E-state index contributed by atoms with van der Waals surface area (Å²) in [7, 11) is 0. The zero-order chi connectivity index (χ0) is 17.9. The number of benzene rings is 1. The van der Waals surface area contributed by atoms with Crippen LogP contribution < -0.4 is 0 Å². The summed E-state index contributed by atoms with van der Waals surface area (Å²) in [4.78, 5) is 23.7. The maximum absolute atomic E-state index is 12.0. The highest BCUT2D eigenvalue weighted by atomic mass is 79.9. The molecule has 0 fully saturated rings. The van der Waals surface area contributed by atoms with E-state index in [0.717, 1.165) is 12.2 Å². The molecule has 0 spiro atoms. The fraction of sp³-hybridized carbons (Fsp3) is 0.143. The maximum atomic E-state index is 12.0. The summed E-state index contributed by atoms with van der Waals surface area (Å²) in [5.74, 6) is -2.38. The van der Waals surface area contributed by atoms with E-state index in [2.05, 4.69) is 65.1 Å². The van der Waals surface area contributed by atoms with E-state index >= 15 is 0 Å². The smallest absolute Gasteiger partial charge is 0.351 e. The minimum Gasteiger partial charge on any atom is -0.478 e. The first-order valence-corrected chi connectivity index (χ1v) is 8.18. The third kappa shape index (κ3) is 3.74. The van der Waals surface area contributed by atoms with Gasteiger partial charge in [0.15, 0.2) is 16.3 Å². The summed E-state index contributed by atoms with van der Waals surface area (Å²) >= 11 is 8.83. The highest BCUT2D eigenvalue weighted by Gasteiger charge is 2.33. The van der Waals surface area contributed by atoms with Gasteiger partial charge in [0.2, 0.25) is 0 Å². The molecule has 6 nitrogen and oxygen atoms in total. The summed E-state index contributed by atoms with van der Waals surface area (Å²) < 4.78 is 4.70. The maximum Gasteiger partial charge on any atom is 0.351 e. The van der Waals surface area contributed by atoms with Gasteiger partial charge in [0, 0.05) is 20.1 Å². The highest BCUT2D eigenvalue weighted by Crippen LogP contribution is 2.42. The lowest BCUT2D eigenvalue weighted by atomic mass is 9.89. The molecule has 2 unspecified atom stereocenters. The van der Waals surface area contributed by atoms with Gasteiger partial charge in [0.05, 0.1) is 23.3 Å². The van der Waals surface area contributed by atoms with E-state index in [1.54, 1.807) is 0 Å². The van der Waals surface area contributed by atoms with Crippen molar-refractivity contribution in [2.75, 3.05) is 0 Å². The van der Waals surface area contributed by atoms with Crippen LogP contribution in [0.3, 0.4) is 0 Å². The van der Waals surface area contributed by atoms with E-state index in [1.807, 2.05) is 0 Å². The van der Waals surface area contributed by atoms with Gasteiger partial charge in [-0.3, -0.25) is 0 Å². The first-order valence-electron chi connectivity index (χ1n) is 5.95. The molecule has 2 atom stereocenters. The Morgan fingerprint density at radius 1 is 1.00 bits per heavy atom. The second kappa shape index (κ2) is 8.20. The van der Waals surface area contributed by atoms with Crippen LogP contribution in [0.5, 0.6) is 0 Å². The number of carbonyl (C=O) groups is 2. The molecule has 9 heteroatoms. The van der Waals surface area contributed by atoms with Crippen LogP contribution >= 0.6 is 48.1 Å². The molecule has 0 saturated heterocycles. The van der Waals surface area contributed by atoms with Crippen LogP contribution in [0, 0.1) is 0 Å². The molecule has 3 N–H and O–H groups in total. The number of halogens is 3. The Bertz CT molecular complexity index is 686. The topological polar surface area (TPSA) is 104 Å². The van der Waals surface area contributed by atoms with Gasteiger partial charge in [-0.05, 0) is 31.9 Å². The summed E-state index contributed by atoms with van der Waals surface area (Å²) in [6, 6.07) is 0. The van der Waals surface area contributed by atoms with Crippen LogP contribution in [-0.4, -0.2) is 27.3 Å². The molecule has 1 aromatic rings. The van der Waals surface area contributed by atoms with E-state index in [9.17, 15) is 24.9 Å².